The fraction of sp³-hybridized carbons (Fsp3) is 1.00. The number of aliphatic hydroxyl groups excluding tert-OH is 2. The van der Waals surface area contributed by atoms with Crippen LogP contribution in [-0.2, 0) is 9.05 Å². The standard InChI is InChI=1S/C6H13O5P/c7-3-6(4-8)1-2-10-12(9)11-5-6/h7-9H,1-5H2. The van der Waals surface area contributed by atoms with Crippen LogP contribution in [0.4, 0.5) is 0 Å². The molecule has 0 radical (unpaired) electrons. The molecule has 1 unspecified atom stereocenters. The molecule has 0 aromatic rings. The molecule has 0 aliphatic carbocycles. The minimum absolute atomic E-state index is 0.141. The molecule has 0 bridgehead atoms. The number of rotatable bonds is 2. The topological polar surface area (TPSA) is 79.2 Å². The summed E-state index contributed by atoms with van der Waals surface area (Å²) in [6.07, 6.45) is 0.499. The molecule has 72 valence electrons. The molecule has 0 aromatic carbocycles. The van der Waals surface area contributed by atoms with Gasteiger partial charge in [0.2, 0.25) is 0 Å². The Morgan fingerprint density at radius 3 is 2.50 bits per heavy atom. The first-order chi connectivity index (χ1) is 5.72. The Labute approximate surface area is 71.9 Å². The first kappa shape index (κ1) is 10.3. The second kappa shape index (κ2) is 4.46. The molecule has 6 heteroatoms. The third-order valence-corrected chi connectivity index (χ3v) is 2.74. The Bertz CT molecular complexity index is 138. The smallest absolute Gasteiger partial charge is 0.329 e. The van der Waals surface area contributed by atoms with E-state index in [1.807, 2.05) is 0 Å². The van der Waals surface area contributed by atoms with E-state index in [1.54, 1.807) is 0 Å². The van der Waals surface area contributed by atoms with Gasteiger partial charge in [-0.2, -0.15) is 0 Å². The van der Waals surface area contributed by atoms with Crippen LogP contribution < -0.4 is 0 Å². The van der Waals surface area contributed by atoms with Crippen LogP contribution in [0.5, 0.6) is 0 Å². The van der Waals surface area contributed by atoms with Crippen molar-refractivity contribution in [2.24, 2.45) is 5.41 Å². The average Bonchev–Trinajstić information content (AvgIpc) is 2.28. The minimum atomic E-state index is -1.81. The van der Waals surface area contributed by atoms with E-state index < -0.39 is 14.0 Å². The van der Waals surface area contributed by atoms with E-state index >= 15 is 0 Å². The second-order valence-electron chi connectivity index (χ2n) is 2.91. The van der Waals surface area contributed by atoms with Crippen LogP contribution >= 0.6 is 8.60 Å². The van der Waals surface area contributed by atoms with Gasteiger partial charge in [0.1, 0.15) is 0 Å². The van der Waals surface area contributed by atoms with Gasteiger partial charge in [0.25, 0.3) is 0 Å². The summed E-state index contributed by atoms with van der Waals surface area (Å²) in [4.78, 5) is 8.97. The molecule has 0 aromatic heterocycles. The predicted octanol–water partition coefficient (Wildman–Crippen LogP) is -0.387. The van der Waals surface area contributed by atoms with Crippen LogP contribution in [0.15, 0.2) is 0 Å². The van der Waals surface area contributed by atoms with Crippen molar-refractivity contribution in [3.63, 3.8) is 0 Å². The van der Waals surface area contributed by atoms with Crippen molar-refractivity contribution in [3.05, 3.63) is 0 Å². The second-order valence-corrected chi connectivity index (χ2v) is 3.90. The van der Waals surface area contributed by atoms with Crippen molar-refractivity contribution < 1.29 is 24.2 Å². The van der Waals surface area contributed by atoms with Crippen LogP contribution in [0.1, 0.15) is 6.42 Å². The first-order valence-corrected chi connectivity index (χ1v) is 4.82. The molecule has 12 heavy (non-hydrogen) atoms. The van der Waals surface area contributed by atoms with E-state index in [9.17, 15) is 0 Å². The van der Waals surface area contributed by atoms with Crippen LogP contribution in [0.25, 0.3) is 0 Å². The molecule has 1 rings (SSSR count). The third kappa shape index (κ3) is 2.36. The van der Waals surface area contributed by atoms with Crippen LogP contribution in [0.3, 0.4) is 0 Å². The highest BCUT2D eigenvalue weighted by molar-refractivity contribution is 7.40. The third-order valence-electron chi connectivity index (χ3n) is 1.99. The zero-order valence-corrected chi connectivity index (χ0v) is 7.54. The fourth-order valence-corrected chi connectivity index (χ4v) is 1.65. The molecule has 1 aliphatic heterocycles. The van der Waals surface area contributed by atoms with Gasteiger partial charge in [-0.1, -0.05) is 0 Å². The molecular weight excluding hydrogens is 183 g/mol. The number of aliphatic hydroxyl groups is 2. The Kier molecular flexibility index (Phi) is 3.83. The van der Waals surface area contributed by atoms with Gasteiger partial charge in [-0.25, -0.2) is 0 Å². The highest BCUT2D eigenvalue weighted by Gasteiger charge is 2.33. The Morgan fingerprint density at radius 2 is 1.92 bits per heavy atom. The van der Waals surface area contributed by atoms with Gasteiger partial charge in [-0.3, -0.25) is 0 Å². The maximum atomic E-state index is 8.98. The first-order valence-electron chi connectivity index (χ1n) is 3.69. The van der Waals surface area contributed by atoms with Crippen molar-refractivity contribution in [2.75, 3.05) is 26.4 Å². The summed E-state index contributed by atoms with van der Waals surface area (Å²) in [5, 5.41) is 18.0. The van der Waals surface area contributed by atoms with E-state index in [1.165, 1.54) is 0 Å². The monoisotopic (exact) mass is 196 g/mol. The summed E-state index contributed by atoms with van der Waals surface area (Å²) in [6, 6.07) is 0. The summed E-state index contributed by atoms with van der Waals surface area (Å²) in [5.41, 5.74) is -0.653. The Morgan fingerprint density at radius 1 is 1.25 bits per heavy atom. The van der Waals surface area contributed by atoms with Gasteiger partial charge < -0.3 is 24.2 Å². The molecule has 1 saturated heterocycles. The summed E-state index contributed by atoms with van der Waals surface area (Å²) in [5.74, 6) is 0. The molecule has 1 heterocycles. The molecule has 1 atom stereocenters. The van der Waals surface area contributed by atoms with Gasteiger partial charge in [0.05, 0.1) is 26.4 Å². The lowest BCUT2D eigenvalue weighted by molar-refractivity contribution is 0.0141. The molecule has 1 fully saturated rings. The van der Waals surface area contributed by atoms with Gasteiger partial charge in [0, 0.05) is 5.41 Å². The van der Waals surface area contributed by atoms with Crippen molar-refractivity contribution in [3.8, 4) is 0 Å². The Balaban J connectivity index is 2.52. The molecule has 0 spiro atoms. The van der Waals surface area contributed by atoms with Gasteiger partial charge in [-0.05, 0) is 6.42 Å². The highest BCUT2D eigenvalue weighted by atomic mass is 31.2. The molecule has 0 saturated carbocycles. The SMILES string of the molecule is OCC1(CO)CCOP(O)OC1. The van der Waals surface area contributed by atoms with Crippen molar-refractivity contribution in [1.82, 2.24) is 0 Å². The maximum absolute atomic E-state index is 8.98. The lowest BCUT2D eigenvalue weighted by atomic mass is 9.88. The molecule has 3 N–H and O–H groups in total. The molecule has 5 nitrogen and oxygen atoms in total. The Hall–Kier alpha value is 0.230. The van der Waals surface area contributed by atoms with Crippen molar-refractivity contribution in [1.29, 1.82) is 0 Å². The average molecular weight is 196 g/mol. The maximum Gasteiger partial charge on any atom is 0.329 e. The van der Waals surface area contributed by atoms with E-state index in [0.29, 0.717) is 13.0 Å². The van der Waals surface area contributed by atoms with E-state index in [4.69, 9.17) is 24.2 Å². The lowest BCUT2D eigenvalue weighted by Gasteiger charge is -2.25. The largest absolute Gasteiger partial charge is 0.396 e. The fourth-order valence-electron chi connectivity index (χ4n) is 0.941. The summed E-state index contributed by atoms with van der Waals surface area (Å²) in [6.45, 7) is 0.137. The summed E-state index contributed by atoms with van der Waals surface area (Å²) >= 11 is 0. The van der Waals surface area contributed by atoms with Crippen LogP contribution in [0.2, 0.25) is 0 Å². The van der Waals surface area contributed by atoms with Crippen LogP contribution in [-0.4, -0.2) is 41.5 Å². The number of hydrogen-bond acceptors (Lipinski definition) is 5. The normalized spacial score (nSPS) is 29.8. The summed E-state index contributed by atoms with van der Waals surface area (Å²) < 4.78 is 9.72. The quantitative estimate of drug-likeness (QED) is 0.524. The van der Waals surface area contributed by atoms with E-state index in [2.05, 4.69) is 0 Å². The van der Waals surface area contributed by atoms with Crippen LogP contribution in [0, 0.1) is 5.41 Å². The van der Waals surface area contributed by atoms with E-state index in [0.717, 1.165) is 0 Å². The summed E-state index contributed by atoms with van der Waals surface area (Å²) in [7, 11) is -1.81. The number of hydrogen-bond donors (Lipinski definition) is 3. The highest BCUT2D eigenvalue weighted by Crippen LogP contribution is 2.40. The zero-order valence-electron chi connectivity index (χ0n) is 6.64. The van der Waals surface area contributed by atoms with Gasteiger partial charge in [-0.15, -0.1) is 0 Å². The molecule has 1 aliphatic rings. The minimum Gasteiger partial charge on any atom is -0.396 e. The lowest BCUT2D eigenvalue weighted by Crippen LogP contribution is -2.34. The molecular formula is C6H13O5P. The van der Waals surface area contributed by atoms with Crippen molar-refractivity contribution in [2.45, 2.75) is 6.42 Å². The van der Waals surface area contributed by atoms with Gasteiger partial charge >= 0.3 is 8.60 Å². The van der Waals surface area contributed by atoms with E-state index in [-0.39, 0.29) is 19.8 Å². The predicted molar refractivity (Wildman–Crippen MR) is 42.3 cm³/mol. The van der Waals surface area contributed by atoms with Gasteiger partial charge in [0.15, 0.2) is 0 Å². The van der Waals surface area contributed by atoms with Crippen molar-refractivity contribution >= 4 is 8.60 Å². The zero-order chi connectivity index (χ0) is 9.03. The molecule has 0 amide bonds.